The number of benzene rings is 2. The summed E-state index contributed by atoms with van der Waals surface area (Å²) in [5.74, 6) is 0. The lowest BCUT2D eigenvalue weighted by molar-refractivity contribution is 1.41. The van der Waals surface area contributed by atoms with Gasteiger partial charge in [0.25, 0.3) is 0 Å². The first kappa shape index (κ1) is 11.0. The Morgan fingerprint density at radius 3 is 2.28 bits per heavy atom. The Kier molecular flexibility index (Phi) is 2.82. The molecule has 2 nitrogen and oxygen atoms in total. The molecule has 0 fully saturated rings. The number of thiazole rings is 1. The molecule has 0 spiro atoms. The molecular formula is C15H12N2S. The number of nitrogen functional groups attached to an aromatic ring is 1. The van der Waals surface area contributed by atoms with Crippen LogP contribution in [0.15, 0.2) is 60.1 Å². The molecular weight excluding hydrogens is 240 g/mol. The summed E-state index contributed by atoms with van der Waals surface area (Å²) in [5.41, 5.74) is 11.7. The van der Waals surface area contributed by atoms with Gasteiger partial charge in [0.05, 0.1) is 16.1 Å². The molecule has 3 heteroatoms. The maximum atomic E-state index is 5.72. The van der Waals surface area contributed by atoms with Crippen LogP contribution in [0.5, 0.6) is 0 Å². The summed E-state index contributed by atoms with van der Waals surface area (Å²) >= 11 is 1.65. The number of hydrogen-bond donors (Lipinski definition) is 1. The van der Waals surface area contributed by atoms with Crippen LogP contribution in [0, 0.1) is 0 Å². The second-order valence-corrected chi connectivity index (χ2v) is 4.87. The highest BCUT2D eigenvalue weighted by Crippen LogP contribution is 2.34. The quantitative estimate of drug-likeness (QED) is 0.698. The third-order valence-corrected chi connectivity index (χ3v) is 3.66. The SMILES string of the molecule is Nc1ccc(-c2scnc2-c2ccccc2)cc1. The summed E-state index contributed by atoms with van der Waals surface area (Å²) in [6, 6.07) is 18.1. The van der Waals surface area contributed by atoms with Crippen molar-refractivity contribution in [1.82, 2.24) is 4.98 Å². The zero-order valence-corrected chi connectivity index (χ0v) is 10.5. The fourth-order valence-corrected chi connectivity index (χ4v) is 2.70. The van der Waals surface area contributed by atoms with Gasteiger partial charge in [-0.1, -0.05) is 42.5 Å². The number of aromatic nitrogens is 1. The highest BCUT2D eigenvalue weighted by Gasteiger charge is 2.10. The molecule has 0 aliphatic carbocycles. The molecule has 18 heavy (non-hydrogen) atoms. The number of hydrogen-bond acceptors (Lipinski definition) is 3. The molecule has 0 saturated carbocycles. The van der Waals surface area contributed by atoms with Crippen LogP contribution in [0.25, 0.3) is 21.7 Å². The summed E-state index contributed by atoms with van der Waals surface area (Å²) in [4.78, 5) is 5.65. The van der Waals surface area contributed by atoms with Crippen molar-refractivity contribution in [3.8, 4) is 21.7 Å². The summed E-state index contributed by atoms with van der Waals surface area (Å²) in [5, 5.41) is 0. The van der Waals surface area contributed by atoms with Gasteiger partial charge in [0, 0.05) is 11.3 Å². The van der Waals surface area contributed by atoms with Crippen LogP contribution < -0.4 is 5.73 Å². The Labute approximate surface area is 110 Å². The van der Waals surface area contributed by atoms with Crippen LogP contribution in [-0.2, 0) is 0 Å². The van der Waals surface area contributed by atoms with Gasteiger partial charge in [-0.05, 0) is 17.7 Å². The molecule has 0 bridgehead atoms. The molecule has 0 saturated heterocycles. The minimum absolute atomic E-state index is 0.782. The van der Waals surface area contributed by atoms with E-state index in [1.165, 1.54) is 4.88 Å². The number of anilines is 1. The van der Waals surface area contributed by atoms with Crippen LogP contribution in [-0.4, -0.2) is 4.98 Å². The lowest BCUT2D eigenvalue weighted by Gasteiger charge is -2.03. The van der Waals surface area contributed by atoms with Gasteiger partial charge >= 0.3 is 0 Å². The van der Waals surface area contributed by atoms with E-state index in [9.17, 15) is 0 Å². The van der Waals surface area contributed by atoms with Crippen LogP contribution >= 0.6 is 11.3 Å². The fraction of sp³-hybridized carbons (Fsp3) is 0. The predicted molar refractivity (Wildman–Crippen MR) is 77.4 cm³/mol. The van der Waals surface area contributed by atoms with E-state index in [2.05, 4.69) is 17.1 Å². The Morgan fingerprint density at radius 2 is 1.56 bits per heavy atom. The number of nitrogens with zero attached hydrogens (tertiary/aromatic N) is 1. The summed E-state index contributed by atoms with van der Waals surface area (Å²) in [6.45, 7) is 0. The largest absolute Gasteiger partial charge is 0.399 e. The highest BCUT2D eigenvalue weighted by molar-refractivity contribution is 7.13. The third-order valence-electron chi connectivity index (χ3n) is 2.79. The van der Waals surface area contributed by atoms with Crippen molar-refractivity contribution in [3.05, 3.63) is 60.1 Å². The molecule has 3 aromatic rings. The van der Waals surface area contributed by atoms with Gasteiger partial charge in [0.1, 0.15) is 0 Å². The van der Waals surface area contributed by atoms with Crippen LogP contribution in [0.2, 0.25) is 0 Å². The number of rotatable bonds is 2. The van der Waals surface area contributed by atoms with Crippen molar-refractivity contribution in [2.45, 2.75) is 0 Å². The van der Waals surface area contributed by atoms with E-state index < -0.39 is 0 Å². The molecule has 1 heterocycles. The average Bonchev–Trinajstić information content (AvgIpc) is 2.90. The van der Waals surface area contributed by atoms with E-state index in [1.54, 1.807) is 11.3 Å². The summed E-state index contributed by atoms with van der Waals surface area (Å²) in [6.07, 6.45) is 0. The van der Waals surface area contributed by atoms with Crippen molar-refractivity contribution >= 4 is 17.0 Å². The standard InChI is InChI=1S/C15H12N2S/c16-13-8-6-12(7-9-13)15-14(17-10-18-15)11-4-2-1-3-5-11/h1-10H,16H2. The maximum Gasteiger partial charge on any atom is 0.0890 e. The lowest BCUT2D eigenvalue weighted by Crippen LogP contribution is -1.84. The predicted octanol–water partition coefficient (Wildman–Crippen LogP) is 4.06. The van der Waals surface area contributed by atoms with E-state index in [4.69, 9.17) is 5.73 Å². The zero-order valence-electron chi connectivity index (χ0n) is 9.71. The van der Waals surface area contributed by atoms with E-state index in [-0.39, 0.29) is 0 Å². The van der Waals surface area contributed by atoms with Crippen molar-refractivity contribution in [3.63, 3.8) is 0 Å². The smallest absolute Gasteiger partial charge is 0.0890 e. The maximum absolute atomic E-state index is 5.72. The Balaban J connectivity index is 2.10. The minimum atomic E-state index is 0.782. The first-order chi connectivity index (χ1) is 8.84. The van der Waals surface area contributed by atoms with E-state index in [1.807, 2.05) is 48.0 Å². The van der Waals surface area contributed by atoms with Gasteiger partial charge in [-0.2, -0.15) is 0 Å². The molecule has 0 aliphatic rings. The molecule has 88 valence electrons. The highest BCUT2D eigenvalue weighted by atomic mass is 32.1. The second kappa shape index (κ2) is 4.63. The minimum Gasteiger partial charge on any atom is -0.399 e. The monoisotopic (exact) mass is 252 g/mol. The van der Waals surface area contributed by atoms with Gasteiger partial charge in [0.2, 0.25) is 0 Å². The fourth-order valence-electron chi connectivity index (χ4n) is 1.89. The molecule has 1 aromatic heterocycles. The molecule has 0 radical (unpaired) electrons. The molecule has 2 aromatic carbocycles. The van der Waals surface area contributed by atoms with Crippen LogP contribution in [0.3, 0.4) is 0 Å². The molecule has 3 rings (SSSR count). The Morgan fingerprint density at radius 1 is 0.833 bits per heavy atom. The Bertz CT molecular complexity index is 642. The first-order valence-corrected chi connectivity index (χ1v) is 6.57. The van der Waals surface area contributed by atoms with Gasteiger partial charge in [-0.15, -0.1) is 11.3 Å². The normalized spacial score (nSPS) is 10.4. The molecule has 0 amide bonds. The topological polar surface area (TPSA) is 38.9 Å². The summed E-state index contributed by atoms with van der Waals surface area (Å²) < 4.78 is 0. The third kappa shape index (κ3) is 2.00. The molecule has 0 unspecified atom stereocenters. The average molecular weight is 252 g/mol. The van der Waals surface area contributed by atoms with E-state index in [0.717, 1.165) is 22.5 Å². The first-order valence-electron chi connectivity index (χ1n) is 5.69. The zero-order chi connectivity index (χ0) is 12.4. The van der Waals surface area contributed by atoms with E-state index in [0.29, 0.717) is 0 Å². The Hall–Kier alpha value is -2.13. The lowest BCUT2D eigenvalue weighted by atomic mass is 10.1. The van der Waals surface area contributed by atoms with Crippen LogP contribution in [0.1, 0.15) is 0 Å². The van der Waals surface area contributed by atoms with Crippen molar-refractivity contribution < 1.29 is 0 Å². The van der Waals surface area contributed by atoms with Crippen LogP contribution in [0.4, 0.5) is 5.69 Å². The van der Waals surface area contributed by atoms with Crippen molar-refractivity contribution in [2.24, 2.45) is 0 Å². The molecule has 0 atom stereocenters. The summed E-state index contributed by atoms with van der Waals surface area (Å²) in [7, 11) is 0. The molecule has 0 aliphatic heterocycles. The van der Waals surface area contributed by atoms with Crippen molar-refractivity contribution in [2.75, 3.05) is 5.73 Å². The van der Waals surface area contributed by atoms with Crippen molar-refractivity contribution in [1.29, 1.82) is 0 Å². The number of nitrogens with two attached hydrogens (primary N) is 1. The van der Waals surface area contributed by atoms with Gasteiger partial charge in [-0.3, -0.25) is 0 Å². The van der Waals surface area contributed by atoms with Gasteiger partial charge in [0.15, 0.2) is 0 Å². The van der Waals surface area contributed by atoms with Gasteiger partial charge in [-0.25, -0.2) is 4.98 Å². The van der Waals surface area contributed by atoms with E-state index >= 15 is 0 Å². The molecule has 2 N–H and O–H groups in total. The van der Waals surface area contributed by atoms with Gasteiger partial charge < -0.3 is 5.73 Å². The second-order valence-electron chi connectivity index (χ2n) is 4.02.